The van der Waals surface area contributed by atoms with Gasteiger partial charge in [-0.25, -0.2) is 4.98 Å². The number of nitrogens with zero attached hydrogens (tertiary/aromatic N) is 3. The van der Waals surface area contributed by atoms with Gasteiger partial charge in [-0.15, -0.1) is 0 Å². The number of hydrogen-bond acceptors (Lipinski definition) is 5. The third kappa shape index (κ3) is 2.76. The summed E-state index contributed by atoms with van der Waals surface area (Å²) >= 11 is 1.74. The highest BCUT2D eigenvalue weighted by atomic mass is 32.1. The van der Waals surface area contributed by atoms with Gasteiger partial charge in [0.05, 0.1) is 6.54 Å². The van der Waals surface area contributed by atoms with Crippen molar-refractivity contribution in [1.82, 2.24) is 19.8 Å². The Balaban J connectivity index is 1.51. The molecule has 6 nitrogen and oxygen atoms in total. The van der Waals surface area contributed by atoms with Crippen LogP contribution in [0.1, 0.15) is 24.2 Å². The van der Waals surface area contributed by atoms with Crippen molar-refractivity contribution in [2.75, 3.05) is 20.1 Å². The number of carbonyl (C=O) groups excluding carboxylic acids is 1. The van der Waals surface area contributed by atoms with Gasteiger partial charge in [-0.05, 0) is 35.2 Å². The summed E-state index contributed by atoms with van der Waals surface area (Å²) in [4.78, 5) is 19.1. The van der Waals surface area contributed by atoms with E-state index in [-0.39, 0.29) is 5.91 Å². The maximum atomic E-state index is 12.1. The van der Waals surface area contributed by atoms with Gasteiger partial charge in [0.1, 0.15) is 11.4 Å². The molecule has 1 fully saturated rings. The van der Waals surface area contributed by atoms with Gasteiger partial charge in [0.25, 0.3) is 5.91 Å². The molecule has 4 heterocycles. The fourth-order valence-corrected chi connectivity index (χ4v) is 4.41. The number of piperidine rings is 1. The molecule has 4 rings (SSSR count). The monoisotopic (exact) mass is 346 g/mol. The number of carbonyl (C=O) groups is 1. The van der Waals surface area contributed by atoms with Gasteiger partial charge >= 0.3 is 0 Å². The number of rotatable bonds is 3. The van der Waals surface area contributed by atoms with E-state index in [1.165, 1.54) is 5.56 Å². The first-order valence-electron chi connectivity index (χ1n) is 8.35. The Hall–Kier alpha value is -1.70. The van der Waals surface area contributed by atoms with Crippen molar-refractivity contribution in [3.8, 4) is 0 Å². The second kappa shape index (κ2) is 6.31. The highest BCUT2D eigenvalue weighted by Crippen LogP contribution is 2.40. The summed E-state index contributed by atoms with van der Waals surface area (Å²) in [6.45, 7) is 3.41. The number of ether oxygens (including phenoxy) is 1. The lowest BCUT2D eigenvalue weighted by Crippen LogP contribution is -2.53. The van der Waals surface area contributed by atoms with Gasteiger partial charge in [0.15, 0.2) is 6.10 Å². The van der Waals surface area contributed by atoms with Crippen LogP contribution in [-0.4, -0.2) is 46.6 Å². The van der Waals surface area contributed by atoms with Crippen molar-refractivity contribution in [1.29, 1.82) is 0 Å². The molecule has 0 radical (unpaired) electrons. The molecule has 2 aliphatic rings. The van der Waals surface area contributed by atoms with Gasteiger partial charge < -0.3 is 14.6 Å². The van der Waals surface area contributed by atoms with E-state index in [0.717, 1.165) is 38.3 Å². The molecule has 128 valence electrons. The molecule has 24 heavy (non-hydrogen) atoms. The minimum atomic E-state index is -0.444. The fraction of sp³-hybridized carbons (Fsp3) is 0.529. The summed E-state index contributed by atoms with van der Waals surface area (Å²) in [5.74, 6) is 0.910. The Kier molecular flexibility index (Phi) is 4.15. The second-order valence-electron chi connectivity index (χ2n) is 6.53. The van der Waals surface area contributed by atoms with Crippen molar-refractivity contribution < 1.29 is 9.53 Å². The number of imidazole rings is 1. The van der Waals surface area contributed by atoms with E-state index in [9.17, 15) is 4.79 Å². The lowest BCUT2D eigenvalue weighted by Gasteiger charge is -2.45. The number of likely N-dealkylation sites (N-methyl/N-ethyl adjacent to an activating group) is 1. The van der Waals surface area contributed by atoms with Crippen LogP contribution in [0.25, 0.3) is 0 Å². The van der Waals surface area contributed by atoms with Crippen LogP contribution in [0.3, 0.4) is 0 Å². The summed E-state index contributed by atoms with van der Waals surface area (Å²) in [5, 5.41) is 7.04. The van der Waals surface area contributed by atoms with E-state index in [1.54, 1.807) is 18.4 Å². The largest absolute Gasteiger partial charge is 0.357 e. The SMILES string of the molecule is CNC(=O)[C@H]1Cn2ccnc2C2(CCN(Cc3ccsc3)CC2)O1. The lowest BCUT2D eigenvalue weighted by molar-refractivity contribution is -0.173. The fourth-order valence-electron chi connectivity index (χ4n) is 3.75. The molecule has 1 saturated heterocycles. The zero-order chi connectivity index (χ0) is 16.6. The Bertz CT molecular complexity index is 704. The predicted octanol–water partition coefficient (Wildman–Crippen LogP) is 1.58. The minimum Gasteiger partial charge on any atom is -0.357 e. The van der Waals surface area contributed by atoms with Crippen molar-refractivity contribution in [3.63, 3.8) is 0 Å². The summed E-state index contributed by atoms with van der Waals surface area (Å²) in [6, 6.07) is 2.18. The van der Waals surface area contributed by atoms with Gasteiger partial charge in [0, 0.05) is 39.1 Å². The maximum Gasteiger partial charge on any atom is 0.250 e. The number of nitrogens with one attached hydrogen (secondary N) is 1. The summed E-state index contributed by atoms with van der Waals surface area (Å²) in [5.41, 5.74) is 0.926. The van der Waals surface area contributed by atoms with Crippen LogP contribution in [0.4, 0.5) is 0 Å². The second-order valence-corrected chi connectivity index (χ2v) is 7.31. The molecule has 1 amide bonds. The molecule has 7 heteroatoms. The molecule has 0 aliphatic carbocycles. The first-order chi connectivity index (χ1) is 11.7. The summed E-state index contributed by atoms with van der Waals surface area (Å²) in [7, 11) is 1.66. The average Bonchev–Trinajstić information content (AvgIpc) is 3.28. The molecule has 1 N–H and O–H groups in total. The number of likely N-dealkylation sites (tertiary alicyclic amines) is 1. The normalized spacial score (nSPS) is 23.1. The Morgan fingerprint density at radius 2 is 2.33 bits per heavy atom. The third-order valence-electron chi connectivity index (χ3n) is 5.04. The zero-order valence-corrected chi connectivity index (χ0v) is 14.6. The van der Waals surface area contributed by atoms with Crippen molar-refractivity contribution in [2.24, 2.45) is 0 Å². The Labute approximate surface area is 145 Å². The van der Waals surface area contributed by atoms with E-state index in [0.29, 0.717) is 6.54 Å². The predicted molar refractivity (Wildman–Crippen MR) is 91.7 cm³/mol. The minimum absolute atomic E-state index is 0.0607. The number of fused-ring (bicyclic) bond motifs is 2. The van der Waals surface area contributed by atoms with Crippen LogP contribution in [0.15, 0.2) is 29.2 Å². The van der Waals surface area contributed by atoms with E-state index in [1.807, 2.05) is 12.4 Å². The number of thiophene rings is 1. The standard InChI is InChI=1S/C17H22N4O2S/c1-18-15(22)14-11-21-8-5-19-16(21)17(23-14)3-6-20(7-4-17)10-13-2-9-24-12-13/h2,5,8-9,12,14H,3-4,6-7,10-11H2,1H3,(H,18,22)/t14-/m1/s1. The molecule has 0 unspecified atom stereocenters. The topological polar surface area (TPSA) is 59.4 Å². The van der Waals surface area contributed by atoms with Crippen LogP contribution < -0.4 is 5.32 Å². The van der Waals surface area contributed by atoms with Crippen LogP contribution in [0.2, 0.25) is 0 Å². The van der Waals surface area contributed by atoms with E-state index in [4.69, 9.17) is 4.74 Å². The van der Waals surface area contributed by atoms with Crippen LogP contribution in [0, 0.1) is 0 Å². The third-order valence-corrected chi connectivity index (χ3v) is 5.77. The molecule has 2 aromatic heterocycles. The van der Waals surface area contributed by atoms with Gasteiger partial charge in [0.2, 0.25) is 0 Å². The van der Waals surface area contributed by atoms with Gasteiger partial charge in [-0.1, -0.05) is 0 Å². The van der Waals surface area contributed by atoms with Crippen molar-refractivity contribution in [2.45, 2.75) is 37.6 Å². The average molecular weight is 346 g/mol. The van der Waals surface area contributed by atoms with Crippen LogP contribution >= 0.6 is 11.3 Å². The molecule has 1 spiro atoms. The first-order valence-corrected chi connectivity index (χ1v) is 9.29. The summed E-state index contributed by atoms with van der Waals surface area (Å²) < 4.78 is 8.40. The Morgan fingerprint density at radius 1 is 1.50 bits per heavy atom. The molecular weight excluding hydrogens is 324 g/mol. The van der Waals surface area contributed by atoms with Gasteiger partial charge in [-0.2, -0.15) is 11.3 Å². The highest BCUT2D eigenvalue weighted by Gasteiger charge is 2.46. The Morgan fingerprint density at radius 3 is 3.04 bits per heavy atom. The molecule has 2 aromatic rings. The molecule has 0 aromatic carbocycles. The van der Waals surface area contributed by atoms with Crippen LogP contribution in [0.5, 0.6) is 0 Å². The summed E-state index contributed by atoms with van der Waals surface area (Å²) in [6.07, 6.45) is 5.04. The number of amides is 1. The molecule has 0 bridgehead atoms. The quantitative estimate of drug-likeness (QED) is 0.917. The molecular formula is C17H22N4O2S. The lowest BCUT2D eigenvalue weighted by atomic mass is 9.88. The van der Waals surface area contributed by atoms with E-state index in [2.05, 4.69) is 36.6 Å². The number of aromatic nitrogens is 2. The number of hydrogen-bond donors (Lipinski definition) is 1. The van der Waals surface area contributed by atoms with Crippen molar-refractivity contribution >= 4 is 17.2 Å². The smallest absolute Gasteiger partial charge is 0.250 e. The highest BCUT2D eigenvalue weighted by molar-refractivity contribution is 7.07. The van der Waals surface area contributed by atoms with Crippen molar-refractivity contribution in [3.05, 3.63) is 40.6 Å². The first kappa shape index (κ1) is 15.8. The van der Waals surface area contributed by atoms with Crippen LogP contribution in [-0.2, 0) is 28.2 Å². The molecule has 0 saturated carbocycles. The van der Waals surface area contributed by atoms with E-state index >= 15 is 0 Å². The molecule has 2 aliphatic heterocycles. The van der Waals surface area contributed by atoms with Gasteiger partial charge in [-0.3, -0.25) is 9.69 Å². The maximum absolute atomic E-state index is 12.1. The zero-order valence-electron chi connectivity index (χ0n) is 13.8. The van der Waals surface area contributed by atoms with E-state index < -0.39 is 11.7 Å². The molecule has 1 atom stereocenters.